The molecule has 0 radical (unpaired) electrons. The van der Waals surface area contributed by atoms with Crippen molar-refractivity contribution in [2.75, 3.05) is 7.11 Å². The van der Waals surface area contributed by atoms with Gasteiger partial charge in [-0.15, -0.1) is 11.3 Å². The summed E-state index contributed by atoms with van der Waals surface area (Å²) in [7, 11) is 1.57. The van der Waals surface area contributed by atoms with Gasteiger partial charge in [0.25, 0.3) is 0 Å². The molecular weight excluding hydrogens is 302 g/mol. The first kappa shape index (κ1) is 13.5. The summed E-state index contributed by atoms with van der Waals surface area (Å²) in [6.45, 7) is 0. The maximum atomic E-state index is 10.6. The minimum absolute atomic E-state index is 0.477. The van der Waals surface area contributed by atoms with E-state index in [0.717, 1.165) is 0 Å². The molecule has 2 atom stereocenters. The molecule has 5 nitrogen and oxygen atoms in total. The quantitative estimate of drug-likeness (QED) is 0.760. The van der Waals surface area contributed by atoms with Gasteiger partial charge in [-0.05, 0) is 35.4 Å². The Balaban J connectivity index is 1.85. The van der Waals surface area contributed by atoms with E-state index in [2.05, 4.69) is 4.98 Å². The van der Waals surface area contributed by atoms with Crippen molar-refractivity contribution in [1.82, 2.24) is 4.98 Å². The van der Waals surface area contributed by atoms with Crippen molar-refractivity contribution in [1.29, 1.82) is 0 Å². The van der Waals surface area contributed by atoms with Gasteiger partial charge < -0.3 is 19.4 Å². The van der Waals surface area contributed by atoms with E-state index in [0.29, 0.717) is 38.2 Å². The highest BCUT2D eigenvalue weighted by molar-refractivity contribution is 7.15. The van der Waals surface area contributed by atoms with E-state index in [9.17, 15) is 10.2 Å². The molecule has 2 N–H and O–H groups in total. The van der Waals surface area contributed by atoms with Gasteiger partial charge in [0.15, 0.2) is 10.8 Å². The first-order chi connectivity index (χ1) is 10.7. The molecular formula is C16H13NO4S. The normalized spacial score (nSPS) is 19.6. The van der Waals surface area contributed by atoms with E-state index in [1.54, 1.807) is 43.7 Å². The molecule has 2 unspecified atom stereocenters. The molecule has 0 amide bonds. The van der Waals surface area contributed by atoms with E-state index in [-0.39, 0.29) is 0 Å². The number of rotatable bonds is 2. The second-order valence-electron chi connectivity index (χ2n) is 5.05. The zero-order valence-corrected chi connectivity index (χ0v) is 12.5. The first-order valence-corrected chi connectivity index (χ1v) is 7.59. The van der Waals surface area contributed by atoms with Gasteiger partial charge in [0.05, 0.1) is 23.9 Å². The fourth-order valence-corrected chi connectivity index (χ4v) is 3.76. The highest BCUT2D eigenvalue weighted by atomic mass is 32.1. The van der Waals surface area contributed by atoms with E-state index >= 15 is 0 Å². The number of furan rings is 1. The van der Waals surface area contributed by atoms with Crippen molar-refractivity contribution in [3.63, 3.8) is 0 Å². The Labute approximate surface area is 130 Å². The number of hydrogen-bond donors (Lipinski definition) is 2. The number of nitrogens with zero attached hydrogens (tertiary/aromatic N) is 1. The Morgan fingerprint density at radius 3 is 2.77 bits per heavy atom. The molecule has 4 rings (SSSR count). The van der Waals surface area contributed by atoms with E-state index in [4.69, 9.17) is 9.15 Å². The molecule has 1 aromatic carbocycles. The third-order valence-electron chi connectivity index (χ3n) is 3.80. The molecule has 22 heavy (non-hydrogen) atoms. The summed E-state index contributed by atoms with van der Waals surface area (Å²) in [5, 5.41) is 21.8. The maximum Gasteiger partial charge on any atom is 0.162 e. The SMILES string of the molecule is COc1ccc2c(c1)C(O)c1nc(-c3ccco3)sc1C2O. The topological polar surface area (TPSA) is 75.7 Å². The summed E-state index contributed by atoms with van der Waals surface area (Å²) >= 11 is 1.33. The van der Waals surface area contributed by atoms with E-state index in [1.807, 2.05) is 0 Å². The van der Waals surface area contributed by atoms with Gasteiger partial charge in [-0.3, -0.25) is 0 Å². The number of hydrogen-bond acceptors (Lipinski definition) is 6. The smallest absolute Gasteiger partial charge is 0.162 e. The van der Waals surface area contributed by atoms with E-state index < -0.39 is 12.2 Å². The third-order valence-corrected chi connectivity index (χ3v) is 4.94. The van der Waals surface area contributed by atoms with Gasteiger partial charge in [-0.25, -0.2) is 4.98 Å². The van der Waals surface area contributed by atoms with Crippen LogP contribution in [0.15, 0.2) is 41.0 Å². The lowest BCUT2D eigenvalue weighted by molar-refractivity contribution is 0.173. The Morgan fingerprint density at radius 2 is 2.05 bits per heavy atom. The molecule has 2 heterocycles. The Bertz CT molecular complexity index is 825. The van der Waals surface area contributed by atoms with Gasteiger partial charge in [-0.2, -0.15) is 0 Å². The summed E-state index contributed by atoms with van der Waals surface area (Å²) in [4.78, 5) is 5.10. The molecule has 0 bridgehead atoms. The summed E-state index contributed by atoms with van der Waals surface area (Å²) < 4.78 is 10.5. The average Bonchev–Trinajstić information content (AvgIpc) is 3.21. The number of ether oxygens (including phenoxy) is 1. The van der Waals surface area contributed by atoms with Crippen LogP contribution in [-0.4, -0.2) is 22.3 Å². The highest BCUT2D eigenvalue weighted by Gasteiger charge is 2.34. The van der Waals surface area contributed by atoms with Crippen LogP contribution in [0.1, 0.15) is 33.9 Å². The van der Waals surface area contributed by atoms with Crippen LogP contribution in [0.2, 0.25) is 0 Å². The van der Waals surface area contributed by atoms with Gasteiger partial charge in [0.1, 0.15) is 18.0 Å². The predicted octanol–water partition coefficient (Wildman–Crippen LogP) is 2.89. The maximum absolute atomic E-state index is 10.6. The lowest BCUT2D eigenvalue weighted by Gasteiger charge is -2.25. The van der Waals surface area contributed by atoms with Crippen molar-refractivity contribution in [3.8, 4) is 16.5 Å². The number of fused-ring (bicyclic) bond motifs is 2. The fourth-order valence-electron chi connectivity index (χ4n) is 2.70. The van der Waals surface area contributed by atoms with E-state index in [1.165, 1.54) is 11.3 Å². The van der Waals surface area contributed by atoms with Crippen LogP contribution >= 0.6 is 11.3 Å². The highest BCUT2D eigenvalue weighted by Crippen LogP contribution is 2.46. The van der Waals surface area contributed by atoms with Crippen molar-refractivity contribution >= 4 is 11.3 Å². The Morgan fingerprint density at radius 1 is 1.18 bits per heavy atom. The zero-order chi connectivity index (χ0) is 15.3. The van der Waals surface area contributed by atoms with Gasteiger partial charge in [-0.1, -0.05) is 6.07 Å². The largest absolute Gasteiger partial charge is 0.497 e. The lowest BCUT2D eigenvalue weighted by atomic mass is 9.89. The van der Waals surface area contributed by atoms with Crippen molar-refractivity contribution in [2.24, 2.45) is 0 Å². The average molecular weight is 315 g/mol. The van der Waals surface area contributed by atoms with Crippen LogP contribution in [0.5, 0.6) is 5.75 Å². The number of aliphatic hydroxyl groups is 2. The molecule has 0 fully saturated rings. The molecule has 1 aliphatic carbocycles. The van der Waals surface area contributed by atoms with Crippen LogP contribution in [0.25, 0.3) is 10.8 Å². The molecule has 112 valence electrons. The molecule has 0 saturated heterocycles. The monoisotopic (exact) mass is 315 g/mol. The molecule has 0 aliphatic heterocycles. The van der Waals surface area contributed by atoms with Crippen LogP contribution in [0.4, 0.5) is 0 Å². The minimum Gasteiger partial charge on any atom is -0.497 e. The van der Waals surface area contributed by atoms with Crippen molar-refractivity contribution in [3.05, 3.63) is 58.3 Å². The van der Waals surface area contributed by atoms with Gasteiger partial charge in [0, 0.05) is 0 Å². The Hall–Kier alpha value is -2.15. The summed E-state index contributed by atoms with van der Waals surface area (Å²) in [6, 6.07) is 8.87. The van der Waals surface area contributed by atoms with Gasteiger partial charge >= 0.3 is 0 Å². The van der Waals surface area contributed by atoms with Crippen LogP contribution in [-0.2, 0) is 0 Å². The van der Waals surface area contributed by atoms with Crippen LogP contribution in [0, 0.1) is 0 Å². The third kappa shape index (κ3) is 1.89. The molecule has 0 saturated carbocycles. The summed E-state index contributed by atoms with van der Waals surface area (Å²) in [5.74, 6) is 1.26. The van der Waals surface area contributed by atoms with Crippen molar-refractivity contribution in [2.45, 2.75) is 12.2 Å². The minimum atomic E-state index is -0.886. The Kier molecular flexibility index (Phi) is 3.04. The molecule has 6 heteroatoms. The number of methoxy groups -OCH3 is 1. The molecule has 0 spiro atoms. The number of benzene rings is 1. The van der Waals surface area contributed by atoms with Crippen molar-refractivity contribution < 1.29 is 19.4 Å². The summed E-state index contributed by atoms with van der Waals surface area (Å²) in [6.07, 6.45) is -0.119. The number of aliphatic hydroxyl groups excluding tert-OH is 2. The number of aromatic nitrogens is 1. The molecule has 1 aliphatic rings. The molecule has 3 aromatic rings. The second kappa shape index (κ2) is 4.95. The second-order valence-corrected chi connectivity index (χ2v) is 6.08. The standard InChI is InChI=1S/C16H13NO4S/c1-20-8-4-5-9-10(7-8)13(18)12-15(14(9)19)22-16(17-12)11-3-2-6-21-11/h2-7,13-14,18-19H,1H3. The van der Waals surface area contributed by atoms with Gasteiger partial charge in [0.2, 0.25) is 0 Å². The summed E-state index contributed by atoms with van der Waals surface area (Å²) in [5.41, 5.74) is 1.77. The van der Waals surface area contributed by atoms with Crippen LogP contribution in [0.3, 0.4) is 0 Å². The molecule has 2 aromatic heterocycles. The lowest BCUT2D eigenvalue weighted by Crippen LogP contribution is -2.16. The zero-order valence-electron chi connectivity index (χ0n) is 11.7. The number of thiazole rings is 1. The first-order valence-electron chi connectivity index (χ1n) is 6.77. The van der Waals surface area contributed by atoms with Crippen LogP contribution < -0.4 is 4.74 Å². The predicted molar refractivity (Wildman–Crippen MR) is 80.9 cm³/mol. The fraction of sp³-hybridized carbons (Fsp3) is 0.188.